The predicted molar refractivity (Wildman–Crippen MR) is 103 cm³/mol. The van der Waals surface area contributed by atoms with Gasteiger partial charge in [0.15, 0.2) is 0 Å². The Kier molecular flexibility index (Phi) is 5.40. The fourth-order valence-electron chi connectivity index (χ4n) is 3.38. The molecule has 136 valence electrons. The molecule has 2 amide bonds. The van der Waals surface area contributed by atoms with Crippen LogP contribution in [-0.2, 0) is 11.3 Å². The number of likely N-dealkylation sites (tertiary alicyclic amines) is 1. The van der Waals surface area contributed by atoms with Crippen LogP contribution in [0, 0.1) is 12.3 Å². The van der Waals surface area contributed by atoms with E-state index in [0.717, 1.165) is 16.7 Å². The normalized spacial score (nSPS) is 16.2. The van der Waals surface area contributed by atoms with E-state index in [1.807, 2.05) is 73.3 Å². The first kappa shape index (κ1) is 18.2. The van der Waals surface area contributed by atoms with Crippen LogP contribution in [0.1, 0.15) is 41.3 Å². The predicted octanol–water partition coefficient (Wildman–Crippen LogP) is 3.55. The number of benzene rings is 2. The molecule has 1 aliphatic rings. The van der Waals surface area contributed by atoms with Crippen molar-refractivity contribution in [2.75, 3.05) is 13.1 Å². The molecule has 0 radical (unpaired) electrons. The number of rotatable bonds is 4. The Balaban J connectivity index is 1.56. The van der Waals surface area contributed by atoms with Crippen molar-refractivity contribution in [3.05, 3.63) is 71.3 Å². The topological polar surface area (TPSA) is 49.4 Å². The third-order valence-electron chi connectivity index (χ3n) is 5.26. The Hall–Kier alpha value is -2.62. The van der Waals surface area contributed by atoms with Crippen LogP contribution in [0.5, 0.6) is 0 Å². The van der Waals surface area contributed by atoms with Crippen molar-refractivity contribution in [3.8, 4) is 0 Å². The van der Waals surface area contributed by atoms with E-state index >= 15 is 0 Å². The Bertz CT molecular complexity index is 778. The van der Waals surface area contributed by atoms with Crippen molar-refractivity contribution in [1.29, 1.82) is 0 Å². The molecule has 2 aromatic rings. The van der Waals surface area contributed by atoms with Gasteiger partial charge in [0, 0.05) is 30.6 Å². The SMILES string of the molecule is Cc1cccc(C(=O)N2CCC(C)(C(=O)NCc3ccccc3)CC2)c1. The van der Waals surface area contributed by atoms with Gasteiger partial charge in [-0.2, -0.15) is 0 Å². The van der Waals surface area contributed by atoms with E-state index in [9.17, 15) is 9.59 Å². The summed E-state index contributed by atoms with van der Waals surface area (Å²) in [5.41, 5.74) is 2.48. The fraction of sp³-hybridized carbons (Fsp3) is 0.364. The van der Waals surface area contributed by atoms with Crippen LogP contribution in [0.3, 0.4) is 0 Å². The second-order valence-corrected chi connectivity index (χ2v) is 7.39. The Morgan fingerprint density at radius 2 is 1.73 bits per heavy atom. The monoisotopic (exact) mass is 350 g/mol. The lowest BCUT2D eigenvalue weighted by molar-refractivity contribution is -0.132. The minimum Gasteiger partial charge on any atom is -0.352 e. The number of hydrogen-bond donors (Lipinski definition) is 1. The van der Waals surface area contributed by atoms with Crippen LogP contribution >= 0.6 is 0 Å². The number of hydrogen-bond acceptors (Lipinski definition) is 2. The number of carbonyl (C=O) groups is 2. The van der Waals surface area contributed by atoms with Crippen molar-refractivity contribution in [3.63, 3.8) is 0 Å². The summed E-state index contributed by atoms with van der Waals surface area (Å²) < 4.78 is 0. The lowest BCUT2D eigenvalue weighted by atomic mass is 9.79. The van der Waals surface area contributed by atoms with Crippen molar-refractivity contribution in [1.82, 2.24) is 10.2 Å². The zero-order chi connectivity index (χ0) is 18.6. The van der Waals surface area contributed by atoms with Crippen LogP contribution in [-0.4, -0.2) is 29.8 Å². The molecule has 4 nitrogen and oxygen atoms in total. The average molecular weight is 350 g/mol. The van der Waals surface area contributed by atoms with E-state index in [2.05, 4.69) is 5.32 Å². The number of piperidine rings is 1. The molecule has 26 heavy (non-hydrogen) atoms. The summed E-state index contributed by atoms with van der Waals surface area (Å²) in [6, 6.07) is 17.6. The molecule has 0 bridgehead atoms. The lowest BCUT2D eigenvalue weighted by Crippen LogP contribution is -2.48. The highest BCUT2D eigenvalue weighted by Crippen LogP contribution is 2.32. The van der Waals surface area contributed by atoms with Gasteiger partial charge >= 0.3 is 0 Å². The maximum absolute atomic E-state index is 12.7. The van der Waals surface area contributed by atoms with Gasteiger partial charge in [-0.05, 0) is 37.5 Å². The molecule has 1 heterocycles. The standard InChI is InChI=1S/C22H26N2O2/c1-17-7-6-10-19(15-17)20(25)24-13-11-22(2,12-14-24)21(26)23-16-18-8-4-3-5-9-18/h3-10,15H,11-14,16H2,1-2H3,(H,23,26). The molecule has 1 fully saturated rings. The molecule has 0 saturated carbocycles. The summed E-state index contributed by atoms with van der Waals surface area (Å²) in [6.07, 6.45) is 1.37. The highest BCUT2D eigenvalue weighted by atomic mass is 16.2. The number of nitrogens with zero attached hydrogens (tertiary/aromatic N) is 1. The molecular formula is C22H26N2O2. The smallest absolute Gasteiger partial charge is 0.253 e. The van der Waals surface area contributed by atoms with Gasteiger partial charge in [-0.3, -0.25) is 9.59 Å². The van der Waals surface area contributed by atoms with Gasteiger partial charge in [-0.25, -0.2) is 0 Å². The molecule has 1 N–H and O–H groups in total. The third kappa shape index (κ3) is 4.13. The Labute approximate surface area is 155 Å². The first-order valence-corrected chi connectivity index (χ1v) is 9.16. The molecule has 4 heteroatoms. The number of carbonyl (C=O) groups excluding carboxylic acids is 2. The largest absolute Gasteiger partial charge is 0.352 e. The molecule has 0 unspecified atom stereocenters. The van der Waals surface area contributed by atoms with Crippen LogP contribution in [0.15, 0.2) is 54.6 Å². The molecular weight excluding hydrogens is 324 g/mol. The summed E-state index contributed by atoms with van der Waals surface area (Å²) >= 11 is 0. The highest BCUT2D eigenvalue weighted by Gasteiger charge is 2.38. The van der Waals surface area contributed by atoms with Crippen molar-refractivity contribution in [2.45, 2.75) is 33.2 Å². The summed E-state index contributed by atoms with van der Waals surface area (Å²) in [4.78, 5) is 27.2. The second-order valence-electron chi connectivity index (χ2n) is 7.39. The lowest BCUT2D eigenvalue weighted by Gasteiger charge is -2.38. The van der Waals surface area contributed by atoms with Gasteiger partial charge in [0.05, 0.1) is 0 Å². The van der Waals surface area contributed by atoms with Gasteiger partial charge in [0.1, 0.15) is 0 Å². The van der Waals surface area contributed by atoms with Gasteiger partial charge in [-0.1, -0.05) is 55.0 Å². The zero-order valence-electron chi connectivity index (χ0n) is 15.5. The minimum atomic E-state index is -0.418. The molecule has 2 aromatic carbocycles. The molecule has 0 aliphatic carbocycles. The maximum Gasteiger partial charge on any atom is 0.253 e. The average Bonchev–Trinajstić information content (AvgIpc) is 2.67. The minimum absolute atomic E-state index is 0.0560. The Morgan fingerprint density at radius 1 is 1.04 bits per heavy atom. The summed E-state index contributed by atoms with van der Waals surface area (Å²) in [7, 11) is 0. The highest BCUT2D eigenvalue weighted by molar-refractivity contribution is 5.94. The van der Waals surface area contributed by atoms with E-state index in [0.29, 0.717) is 32.5 Å². The molecule has 0 spiro atoms. The first-order valence-electron chi connectivity index (χ1n) is 9.16. The number of aryl methyl sites for hydroxylation is 1. The second kappa shape index (κ2) is 7.73. The zero-order valence-corrected chi connectivity index (χ0v) is 15.5. The molecule has 3 rings (SSSR count). The van der Waals surface area contributed by atoms with Gasteiger partial charge in [0.2, 0.25) is 5.91 Å². The number of amides is 2. The number of nitrogens with one attached hydrogen (secondary N) is 1. The van der Waals surface area contributed by atoms with E-state index < -0.39 is 5.41 Å². The summed E-state index contributed by atoms with van der Waals surface area (Å²) in [5, 5.41) is 3.05. The van der Waals surface area contributed by atoms with Crippen molar-refractivity contribution in [2.24, 2.45) is 5.41 Å². The van der Waals surface area contributed by atoms with E-state index in [1.54, 1.807) is 0 Å². The van der Waals surface area contributed by atoms with Crippen LogP contribution in [0.25, 0.3) is 0 Å². The molecule has 1 aliphatic heterocycles. The van der Waals surface area contributed by atoms with Crippen molar-refractivity contribution < 1.29 is 9.59 Å². The Morgan fingerprint density at radius 3 is 2.38 bits per heavy atom. The fourth-order valence-corrected chi connectivity index (χ4v) is 3.38. The van der Waals surface area contributed by atoms with Crippen molar-refractivity contribution >= 4 is 11.8 Å². The van der Waals surface area contributed by atoms with Crippen LogP contribution < -0.4 is 5.32 Å². The molecule has 0 aromatic heterocycles. The summed E-state index contributed by atoms with van der Waals surface area (Å²) in [6.45, 7) is 5.76. The van der Waals surface area contributed by atoms with E-state index in [-0.39, 0.29) is 11.8 Å². The van der Waals surface area contributed by atoms with E-state index in [4.69, 9.17) is 0 Å². The van der Waals surface area contributed by atoms with Gasteiger partial charge in [-0.15, -0.1) is 0 Å². The third-order valence-corrected chi connectivity index (χ3v) is 5.26. The first-order chi connectivity index (χ1) is 12.5. The van der Waals surface area contributed by atoms with Crippen LogP contribution in [0.2, 0.25) is 0 Å². The quantitative estimate of drug-likeness (QED) is 0.917. The van der Waals surface area contributed by atoms with E-state index in [1.165, 1.54) is 0 Å². The summed E-state index contributed by atoms with van der Waals surface area (Å²) in [5.74, 6) is 0.129. The van der Waals surface area contributed by atoms with Gasteiger partial charge in [0.25, 0.3) is 5.91 Å². The van der Waals surface area contributed by atoms with Crippen LogP contribution in [0.4, 0.5) is 0 Å². The molecule has 0 atom stereocenters. The van der Waals surface area contributed by atoms with Gasteiger partial charge < -0.3 is 10.2 Å². The molecule has 1 saturated heterocycles. The maximum atomic E-state index is 12.7.